The third-order valence-electron chi connectivity index (χ3n) is 4.00. The molecule has 2 rings (SSSR count). The van der Waals surface area contributed by atoms with E-state index in [1.165, 1.54) is 6.08 Å². The van der Waals surface area contributed by atoms with Crippen molar-refractivity contribution >= 4 is 34.4 Å². The van der Waals surface area contributed by atoms with E-state index in [-0.39, 0.29) is 28.9 Å². The zero-order valence-electron chi connectivity index (χ0n) is 15.6. The number of aromatic nitrogens is 2. The van der Waals surface area contributed by atoms with Gasteiger partial charge in [0.15, 0.2) is 0 Å². The number of nitrogens with zero attached hydrogens (tertiary/aromatic N) is 3. The quantitative estimate of drug-likeness (QED) is 0.565. The van der Waals surface area contributed by atoms with Crippen molar-refractivity contribution in [3.63, 3.8) is 0 Å². The number of hydrogen-bond acceptors (Lipinski definition) is 6. The fourth-order valence-electron chi connectivity index (χ4n) is 2.60. The van der Waals surface area contributed by atoms with Crippen molar-refractivity contribution in [1.82, 2.24) is 20.4 Å². The number of halogens is 3. The van der Waals surface area contributed by atoms with Crippen molar-refractivity contribution in [2.75, 3.05) is 11.9 Å². The van der Waals surface area contributed by atoms with Gasteiger partial charge in [0.2, 0.25) is 22.0 Å². The third-order valence-corrected chi connectivity index (χ3v) is 4.88. The molecule has 0 aromatic carbocycles. The van der Waals surface area contributed by atoms with E-state index in [1.807, 2.05) is 13.8 Å². The Bertz CT molecular complexity index is 796. The molecule has 0 saturated carbocycles. The Morgan fingerprint density at radius 1 is 1.34 bits per heavy atom. The van der Waals surface area contributed by atoms with Crippen LogP contribution in [0.5, 0.6) is 0 Å². The lowest BCUT2D eigenvalue weighted by molar-refractivity contribution is -0.138. The van der Waals surface area contributed by atoms with E-state index in [1.54, 1.807) is 0 Å². The molecule has 0 bridgehead atoms. The van der Waals surface area contributed by atoms with Gasteiger partial charge in [-0.1, -0.05) is 31.3 Å². The fourth-order valence-corrected chi connectivity index (χ4v) is 3.21. The summed E-state index contributed by atoms with van der Waals surface area (Å²) in [5, 5.41) is 18.6. The number of likely N-dealkylation sites (tertiary alicyclic amines) is 1. The van der Waals surface area contributed by atoms with Crippen LogP contribution in [0.1, 0.15) is 31.7 Å². The molecule has 1 aliphatic heterocycles. The molecule has 1 aromatic rings. The summed E-state index contributed by atoms with van der Waals surface area (Å²) >= 11 is 0.197. The number of nitrogens with one attached hydrogen (secondary N) is 2. The minimum Gasteiger partial charge on any atom is -0.465 e. The minimum absolute atomic E-state index is 0.155. The van der Waals surface area contributed by atoms with Gasteiger partial charge in [-0.2, -0.15) is 13.2 Å². The Morgan fingerprint density at radius 2 is 2.03 bits per heavy atom. The van der Waals surface area contributed by atoms with Crippen LogP contribution in [-0.4, -0.2) is 56.7 Å². The van der Waals surface area contributed by atoms with E-state index >= 15 is 0 Å². The standard InChI is InChI=1S/C16H20F3N5O4S/c1-8(2)7-9(20-12(26)10-5-6-24(10)15(27)28)3-4-11(25)21-14-23-22-13(29-14)16(17,18)19/h3-4,8-10H,5-7H2,1-2H3,(H,20,26)(H,27,28)(H,21,23,25)/b4-3+/t9-,10+/m1/s1. The van der Waals surface area contributed by atoms with Crippen molar-refractivity contribution < 1.29 is 32.7 Å². The van der Waals surface area contributed by atoms with Crippen LogP contribution < -0.4 is 10.6 Å². The van der Waals surface area contributed by atoms with E-state index in [2.05, 4.69) is 20.8 Å². The van der Waals surface area contributed by atoms with E-state index < -0.39 is 41.2 Å². The molecule has 1 saturated heterocycles. The number of carbonyl (C=O) groups excluding carboxylic acids is 2. The highest BCUT2D eigenvalue weighted by atomic mass is 32.1. The lowest BCUT2D eigenvalue weighted by atomic mass is 10.00. The molecule has 0 radical (unpaired) electrons. The number of anilines is 1. The molecule has 0 aliphatic carbocycles. The predicted octanol–water partition coefficient (Wildman–Crippen LogP) is 2.33. The summed E-state index contributed by atoms with van der Waals surface area (Å²) in [5.41, 5.74) is 0. The lowest BCUT2D eigenvalue weighted by Gasteiger charge is -2.38. The molecule has 1 fully saturated rings. The third kappa shape index (κ3) is 6.41. The van der Waals surface area contributed by atoms with Crippen LogP contribution in [0, 0.1) is 5.92 Å². The first-order valence-electron chi connectivity index (χ1n) is 8.67. The van der Waals surface area contributed by atoms with Crippen molar-refractivity contribution in [2.24, 2.45) is 5.92 Å². The van der Waals surface area contributed by atoms with Crippen LogP contribution >= 0.6 is 11.3 Å². The Morgan fingerprint density at radius 3 is 2.52 bits per heavy atom. The number of carboxylic acid groups (broad SMARTS) is 1. The van der Waals surface area contributed by atoms with Crippen molar-refractivity contribution in [1.29, 1.82) is 0 Å². The maximum Gasteiger partial charge on any atom is 0.445 e. The Labute approximate surface area is 168 Å². The van der Waals surface area contributed by atoms with Crippen LogP contribution in [0.15, 0.2) is 12.2 Å². The summed E-state index contributed by atoms with van der Waals surface area (Å²) in [6.45, 7) is 4.09. The highest BCUT2D eigenvalue weighted by molar-refractivity contribution is 7.15. The molecule has 160 valence electrons. The largest absolute Gasteiger partial charge is 0.465 e. The molecule has 13 heteroatoms. The minimum atomic E-state index is -4.64. The Hall–Kier alpha value is -2.70. The first-order chi connectivity index (χ1) is 13.5. The monoisotopic (exact) mass is 435 g/mol. The van der Waals surface area contributed by atoms with E-state index in [0.717, 1.165) is 11.0 Å². The average Bonchev–Trinajstić information content (AvgIpc) is 2.99. The second-order valence-electron chi connectivity index (χ2n) is 6.78. The second kappa shape index (κ2) is 9.20. The van der Waals surface area contributed by atoms with Crippen molar-refractivity contribution in [3.05, 3.63) is 17.2 Å². The molecule has 29 heavy (non-hydrogen) atoms. The maximum absolute atomic E-state index is 12.5. The molecule has 0 unspecified atom stereocenters. The van der Waals surface area contributed by atoms with Gasteiger partial charge < -0.3 is 10.4 Å². The van der Waals surface area contributed by atoms with Gasteiger partial charge in [0.05, 0.1) is 0 Å². The topological polar surface area (TPSA) is 125 Å². The van der Waals surface area contributed by atoms with Crippen LogP contribution in [0.2, 0.25) is 0 Å². The predicted molar refractivity (Wildman–Crippen MR) is 97.2 cm³/mol. The van der Waals surface area contributed by atoms with Crippen LogP contribution in [-0.2, 0) is 15.8 Å². The molecule has 2 heterocycles. The molecule has 3 N–H and O–H groups in total. The molecule has 2 atom stereocenters. The zero-order valence-corrected chi connectivity index (χ0v) is 16.4. The highest BCUT2D eigenvalue weighted by Gasteiger charge is 2.38. The average molecular weight is 435 g/mol. The van der Waals surface area contributed by atoms with E-state index in [0.29, 0.717) is 12.8 Å². The molecule has 1 aromatic heterocycles. The maximum atomic E-state index is 12.5. The summed E-state index contributed by atoms with van der Waals surface area (Å²) in [7, 11) is 0. The molecular weight excluding hydrogens is 415 g/mol. The van der Waals surface area contributed by atoms with Crippen LogP contribution in [0.4, 0.5) is 23.1 Å². The first-order valence-corrected chi connectivity index (χ1v) is 9.49. The Kier molecular flexibility index (Phi) is 7.16. The number of hydrogen-bond donors (Lipinski definition) is 3. The fraction of sp³-hybridized carbons (Fsp3) is 0.562. The smallest absolute Gasteiger partial charge is 0.445 e. The zero-order chi connectivity index (χ0) is 21.8. The van der Waals surface area contributed by atoms with Gasteiger partial charge in [-0.3, -0.25) is 19.8 Å². The first kappa shape index (κ1) is 22.6. The molecule has 3 amide bonds. The van der Waals surface area contributed by atoms with Crippen LogP contribution in [0.3, 0.4) is 0 Å². The summed E-state index contributed by atoms with van der Waals surface area (Å²) in [6.07, 6.45) is -2.45. The second-order valence-corrected chi connectivity index (χ2v) is 7.76. The summed E-state index contributed by atoms with van der Waals surface area (Å²) in [4.78, 5) is 36.3. The summed E-state index contributed by atoms with van der Waals surface area (Å²) in [6, 6.07) is -1.32. The molecule has 1 aliphatic rings. The molecular formula is C16H20F3N5O4S. The SMILES string of the molecule is CC(C)C[C@@H](/C=C/C(=O)Nc1nnc(C(F)(F)F)s1)NC(=O)[C@@H]1CCN1C(=O)O. The summed E-state index contributed by atoms with van der Waals surface area (Å²) in [5.74, 6) is -1.04. The van der Waals surface area contributed by atoms with Gasteiger partial charge in [0.1, 0.15) is 6.04 Å². The number of alkyl halides is 3. The van der Waals surface area contributed by atoms with E-state index in [9.17, 15) is 27.6 Å². The van der Waals surface area contributed by atoms with Gasteiger partial charge in [-0.15, -0.1) is 10.2 Å². The van der Waals surface area contributed by atoms with Gasteiger partial charge >= 0.3 is 12.3 Å². The van der Waals surface area contributed by atoms with Crippen molar-refractivity contribution in [2.45, 2.75) is 44.9 Å². The van der Waals surface area contributed by atoms with Crippen LogP contribution in [0.25, 0.3) is 0 Å². The molecule has 0 spiro atoms. The normalized spacial score (nSPS) is 17.9. The van der Waals surface area contributed by atoms with Gasteiger partial charge in [-0.05, 0) is 18.8 Å². The Balaban J connectivity index is 1.96. The van der Waals surface area contributed by atoms with Crippen molar-refractivity contribution in [3.8, 4) is 0 Å². The number of carbonyl (C=O) groups is 3. The van der Waals surface area contributed by atoms with Gasteiger partial charge in [-0.25, -0.2) is 4.79 Å². The number of rotatable bonds is 7. The van der Waals surface area contributed by atoms with E-state index in [4.69, 9.17) is 5.11 Å². The number of amides is 3. The van der Waals surface area contributed by atoms with Gasteiger partial charge in [0.25, 0.3) is 0 Å². The summed E-state index contributed by atoms with van der Waals surface area (Å²) < 4.78 is 37.5. The van der Waals surface area contributed by atoms with Gasteiger partial charge in [0, 0.05) is 18.7 Å². The lowest BCUT2D eigenvalue weighted by Crippen LogP contribution is -2.59. The molecule has 9 nitrogen and oxygen atoms in total. The highest BCUT2D eigenvalue weighted by Crippen LogP contribution is 2.32.